The van der Waals surface area contributed by atoms with E-state index in [0.717, 1.165) is 12.1 Å². The van der Waals surface area contributed by atoms with Crippen molar-refractivity contribution >= 4 is 0 Å². The van der Waals surface area contributed by atoms with Crippen molar-refractivity contribution in [3.05, 3.63) is 35.9 Å². The van der Waals surface area contributed by atoms with Gasteiger partial charge in [0, 0.05) is 18.5 Å². The summed E-state index contributed by atoms with van der Waals surface area (Å²) in [5, 5.41) is 10.7. The van der Waals surface area contributed by atoms with E-state index in [1.807, 2.05) is 30.3 Å². The molecule has 2 heteroatoms. The lowest BCUT2D eigenvalue weighted by Crippen LogP contribution is -2.38. The Balaban J connectivity index is 2.02. The summed E-state index contributed by atoms with van der Waals surface area (Å²) in [5.74, 6) is 0. The monoisotopic (exact) mass is 289 g/mol. The number of aliphatic hydroxyl groups is 1. The van der Waals surface area contributed by atoms with Gasteiger partial charge in [-0.15, -0.1) is 0 Å². The molecule has 0 amide bonds. The fourth-order valence-corrected chi connectivity index (χ4v) is 3.74. The Morgan fingerprint density at radius 1 is 1.19 bits per heavy atom. The highest BCUT2D eigenvalue weighted by atomic mass is 16.3. The van der Waals surface area contributed by atoms with Crippen LogP contribution in [-0.2, 0) is 0 Å². The Kier molecular flexibility index (Phi) is 5.11. The number of hydrogen-bond acceptors (Lipinski definition) is 2. The standard InChI is InChI=1S/C19H31NO/c1-5-19(6-2)12-13-20(15-19)14-18(3,4)17(21)16-10-8-7-9-11-16/h7-11,17,21H,5-6,12-15H2,1-4H3. The molecule has 0 spiro atoms. The van der Waals surface area contributed by atoms with Crippen LogP contribution in [0.2, 0.25) is 0 Å². The fourth-order valence-electron chi connectivity index (χ4n) is 3.74. The van der Waals surface area contributed by atoms with Crippen molar-refractivity contribution < 1.29 is 5.11 Å². The van der Waals surface area contributed by atoms with Crippen LogP contribution in [0.25, 0.3) is 0 Å². The van der Waals surface area contributed by atoms with Crippen molar-refractivity contribution in [3.63, 3.8) is 0 Å². The fraction of sp³-hybridized carbons (Fsp3) is 0.684. The number of nitrogens with zero attached hydrogens (tertiary/aromatic N) is 1. The third-order valence-electron chi connectivity index (χ3n) is 5.50. The van der Waals surface area contributed by atoms with Crippen LogP contribution in [0, 0.1) is 10.8 Å². The molecular weight excluding hydrogens is 258 g/mol. The zero-order valence-electron chi connectivity index (χ0n) is 14.1. The van der Waals surface area contributed by atoms with Gasteiger partial charge in [-0.25, -0.2) is 0 Å². The maximum Gasteiger partial charge on any atom is 0.0853 e. The lowest BCUT2D eigenvalue weighted by molar-refractivity contribution is 0.0227. The van der Waals surface area contributed by atoms with Gasteiger partial charge in [-0.2, -0.15) is 0 Å². The van der Waals surface area contributed by atoms with Crippen molar-refractivity contribution in [1.29, 1.82) is 0 Å². The maximum atomic E-state index is 10.7. The molecule has 1 aromatic carbocycles. The summed E-state index contributed by atoms with van der Waals surface area (Å²) < 4.78 is 0. The van der Waals surface area contributed by atoms with Gasteiger partial charge in [-0.05, 0) is 36.8 Å². The Morgan fingerprint density at radius 2 is 1.81 bits per heavy atom. The second-order valence-electron chi connectivity index (χ2n) is 7.47. The van der Waals surface area contributed by atoms with Crippen LogP contribution < -0.4 is 0 Å². The van der Waals surface area contributed by atoms with E-state index in [0.29, 0.717) is 5.41 Å². The minimum Gasteiger partial charge on any atom is -0.388 e. The minimum absolute atomic E-state index is 0.126. The Morgan fingerprint density at radius 3 is 2.33 bits per heavy atom. The molecule has 1 N–H and O–H groups in total. The quantitative estimate of drug-likeness (QED) is 0.846. The summed E-state index contributed by atoms with van der Waals surface area (Å²) in [5.41, 5.74) is 1.41. The second-order valence-corrected chi connectivity index (χ2v) is 7.47. The number of likely N-dealkylation sites (tertiary alicyclic amines) is 1. The second kappa shape index (κ2) is 6.50. The first-order valence-corrected chi connectivity index (χ1v) is 8.38. The van der Waals surface area contributed by atoms with E-state index >= 15 is 0 Å². The van der Waals surface area contributed by atoms with Gasteiger partial charge in [0.15, 0.2) is 0 Å². The summed E-state index contributed by atoms with van der Waals surface area (Å²) in [7, 11) is 0. The van der Waals surface area contributed by atoms with Crippen LogP contribution in [0.15, 0.2) is 30.3 Å². The van der Waals surface area contributed by atoms with Crippen molar-refractivity contribution in [3.8, 4) is 0 Å². The summed E-state index contributed by atoms with van der Waals surface area (Å²) in [6.45, 7) is 12.3. The van der Waals surface area contributed by atoms with E-state index in [9.17, 15) is 5.11 Å². The highest BCUT2D eigenvalue weighted by molar-refractivity contribution is 5.19. The molecule has 1 atom stereocenters. The third-order valence-corrected chi connectivity index (χ3v) is 5.50. The molecule has 1 aliphatic heterocycles. The van der Waals surface area contributed by atoms with Gasteiger partial charge < -0.3 is 10.0 Å². The zero-order valence-corrected chi connectivity index (χ0v) is 14.1. The first kappa shape index (κ1) is 16.5. The molecule has 0 aliphatic carbocycles. The van der Waals surface area contributed by atoms with E-state index in [-0.39, 0.29) is 5.41 Å². The summed E-state index contributed by atoms with van der Waals surface area (Å²) in [6, 6.07) is 10.1. The van der Waals surface area contributed by atoms with Crippen LogP contribution in [0.4, 0.5) is 0 Å². The molecule has 1 unspecified atom stereocenters. The zero-order chi connectivity index (χ0) is 15.5. The first-order valence-electron chi connectivity index (χ1n) is 8.38. The van der Waals surface area contributed by atoms with Gasteiger partial charge in [0.1, 0.15) is 0 Å². The largest absolute Gasteiger partial charge is 0.388 e. The molecule has 1 heterocycles. The molecule has 0 saturated carbocycles. The molecule has 0 aromatic heterocycles. The number of benzene rings is 1. The molecule has 2 nitrogen and oxygen atoms in total. The number of aliphatic hydroxyl groups excluding tert-OH is 1. The van der Waals surface area contributed by atoms with Crippen molar-refractivity contribution in [2.24, 2.45) is 10.8 Å². The smallest absolute Gasteiger partial charge is 0.0853 e. The van der Waals surface area contributed by atoms with E-state index < -0.39 is 6.10 Å². The van der Waals surface area contributed by atoms with Crippen LogP contribution in [-0.4, -0.2) is 29.6 Å². The summed E-state index contributed by atoms with van der Waals surface area (Å²) in [4.78, 5) is 2.55. The van der Waals surface area contributed by atoms with Gasteiger partial charge >= 0.3 is 0 Å². The van der Waals surface area contributed by atoms with Crippen LogP contribution >= 0.6 is 0 Å². The van der Waals surface area contributed by atoms with Gasteiger partial charge in [-0.1, -0.05) is 58.0 Å². The Labute approximate surface area is 130 Å². The van der Waals surface area contributed by atoms with Gasteiger partial charge in [0.05, 0.1) is 6.10 Å². The summed E-state index contributed by atoms with van der Waals surface area (Å²) >= 11 is 0. The molecule has 2 rings (SSSR count). The molecule has 1 aliphatic rings. The number of hydrogen-bond donors (Lipinski definition) is 1. The van der Waals surface area contributed by atoms with E-state index in [1.165, 1.54) is 32.4 Å². The maximum absolute atomic E-state index is 10.7. The predicted molar refractivity (Wildman–Crippen MR) is 89.3 cm³/mol. The molecular formula is C19H31NO. The number of rotatable bonds is 6. The average Bonchev–Trinajstić information content (AvgIpc) is 2.90. The highest BCUT2D eigenvalue weighted by Gasteiger charge is 2.38. The van der Waals surface area contributed by atoms with Crippen LogP contribution in [0.5, 0.6) is 0 Å². The average molecular weight is 289 g/mol. The van der Waals surface area contributed by atoms with E-state index in [1.54, 1.807) is 0 Å². The SMILES string of the molecule is CCC1(CC)CCN(CC(C)(C)C(O)c2ccccc2)C1. The molecule has 1 aromatic rings. The van der Waals surface area contributed by atoms with E-state index in [2.05, 4.69) is 32.6 Å². The van der Waals surface area contributed by atoms with Crippen molar-refractivity contribution in [1.82, 2.24) is 4.90 Å². The summed E-state index contributed by atoms with van der Waals surface area (Å²) in [6.07, 6.45) is 3.43. The molecule has 1 saturated heterocycles. The van der Waals surface area contributed by atoms with E-state index in [4.69, 9.17) is 0 Å². The Hall–Kier alpha value is -0.860. The van der Waals surface area contributed by atoms with Crippen LogP contribution in [0.1, 0.15) is 58.6 Å². The molecule has 118 valence electrons. The van der Waals surface area contributed by atoms with Gasteiger partial charge in [0.25, 0.3) is 0 Å². The molecule has 0 bridgehead atoms. The third kappa shape index (κ3) is 3.67. The van der Waals surface area contributed by atoms with Crippen molar-refractivity contribution in [2.45, 2.75) is 53.1 Å². The molecule has 1 fully saturated rings. The molecule has 21 heavy (non-hydrogen) atoms. The Bertz CT molecular complexity index is 436. The normalized spacial score (nSPS) is 20.6. The topological polar surface area (TPSA) is 23.5 Å². The molecule has 0 radical (unpaired) electrons. The van der Waals surface area contributed by atoms with Gasteiger partial charge in [-0.3, -0.25) is 0 Å². The van der Waals surface area contributed by atoms with Crippen molar-refractivity contribution in [2.75, 3.05) is 19.6 Å². The highest BCUT2D eigenvalue weighted by Crippen LogP contribution is 2.40. The lowest BCUT2D eigenvalue weighted by Gasteiger charge is -2.36. The minimum atomic E-state index is -0.406. The first-order chi connectivity index (χ1) is 9.92. The van der Waals surface area contributed by atoms with Crippen LogP contribution in [0.3, 0.4) is 0 Å². The van der Waals surface area contributed by atoms with Gasteiger partial charge in [0.2, 0.25) is 0 Å². The lowest BCUT2D eigenvalue weighted by atomic mass is 9.81. The predicted octanol–water partition coefficient (Wildman–Crippen LogP) is 4.26.